The number of nitrogens with zero attached hydrogens (tertiary/aromatic N) is 5. The Bertz CT molecular complexity index is 1540. The molecule has 11 nitrogen and oxygen atoms in total. The molecule has 1 atom stereocenters. The topological polar surface area (TPSA) is 134 Å². The van der Waals surface area contributed by atoms with Gasteiger partial charge in [-0.05, 0) is 55.5 Å². The lowest BCUT2D eigenvalue weighted by molar-refractivity contribution is -0.136. The lowest BCUT2D eigenvalue weighted by atomic mass is 9.95. The fraction of sp³-hybridized carbons (Fsp3) is 0.433. The number of para-hydroxylation sites is 1. The molecule has 3 N–H and O–H groups in total. The Balaban J connectivity index is 1.04. The molecule has 3 aliphatic heterocycles. The van der Waals surface area contributed by atoms with Crippen LogP contribution in [0, 0.1) is 5.92 Å². The number of piperazine rings is 1. The Kier molecular flexibility index (Phi) is 7.44. The number of anilines is 2. The molecule has 41 heavy (non-hydrogen) atoms. The van der Waals surface area contributed by atoms with Gasteiger partial charge in [0.2, 0.25) is 5.91 Å². The molecule has 11 heteroatoms. The predicted molar refractivity (Wildman–Crippen MR) is 156 cm³/mol. The van der Waals surface area contributed by atoms with Gasteiger partial charge in [-0.3, -0.25) is 29.4 Å². The van der Waals surface area contributed by atoms with E-state index in [1.165, 1.54) is 4.68 Å². The molecular weight excluding hydrogens is 522 g/mol. The van der Waals surface area contributed by atoms with Crippen LogP contribution in [-0.2, 0) is 9.59 Å². The number of amides is 3. The van der Waals surface area contributed by atoms with Crippen molar-refractivity contribution in [3.8, 4) is 0 Å². The standard InChI is InChI=1S/C30H35N7O4/c31-28(39)24-3-1-2-4-25(24)36-11-9-20(10-12-36)19-34-13-15-35(16-14-34)22-5-6-23-21(17-22)18-32-37(30(23)41)26-7-8-27(38)33-29(26)40/h1-6,17-18,20,26H,7-16,19H2,(H2,31,39)(H,33,38,40). The van der Waals surface area contributed by atoms with E-state index in [0.29, 0.717) is 16.9 Å². The van der Waals surface area contributed by atoms with Crippen molar-refractivity contribution < 1.29 is 14.4 Å². The third kappa shape index (κ3) is 5.54. The molecule has 0 bridgehead atoms. The van der Waals surface area contributed by atoms with Crippen LogP contribution >= 0.6 is 0 Å². The summed E-state index contributed by atoms with van der Waals surface area (Å²) < 4.78 is 1.20. The fourth-order valence-corrected chi connectivity index (χ4v) is 6.35. The van der Waals surface area contributed by atoms with E-state index in [9.17, 15) is 19.2 Å². The lowest BCUT2D eigenvalue weighted by Crippen LogP contribution is -2.49. The van der Waals surface area contributed by atoms with Gasteiger partial charge in [0.25, 0.3) is 17.4 Å². The molecule has 3 fully saturated rings. The van der Waals surface area contributed by atoms with Crippen LogP contribution in [0.2, 0.25) is 0 Å². The molecule has 3 saturated heterocycles. The van der Waals surface area contributed by atoms with E-state index in [2.05, 4.69) is 25.1 Å². The summed E-state index contributed by atoms with van der Waals surface area (Å²) in [6.45, 7) is 6.65. The number of primary amides is 1. The van der Waals surface area contributed by atoms with Crippen molar-refractivity contribution in [2.24, 2.45) is 11.7 Å². The number of piperidine rings is 2. The van der Waals surface area contributed by atoms with Gasteiger partial charge in [-0.2, -0.15) is 5.10 Å². The molecule has 3 aliphatic rings. The number of aromatic nitrogens is 2. The van der Waals surface area contributed by atoms with E-state index in [1.54, 1.807) is 12.3 Å². The highest BCUT2D eigenvalue weighted by Crippen LogP contribution is 2.28. The van der Waals surface area contributed by atoms with Crippen LogP contribution < -0.4 is 26.4 Å². The molecule has 0 aliphatic carbocycles. The second-order valence-electron chi connectivity index (χ2n) is 11.2. The van der Waals surface area contributed by atoms with Crippen molar-refractivity contribution in [1.29, 1.82) is 0 Å². The zero-order valence-electron chi connectivity index (χ0n) is 23.0. The van der Waals surface area contributed by atoms with Gasteiger partial charge in [0.15, 0.2) is 0 Å². The van der Waals surface area contributed by atoms with E-state index < -0.39 is 11.9 Å². The third-order valence-corrected chi connectivity index (χ3v) is 8.68. The lowest BCUT2D eigenvalue weighted by Gasteiger charge is -2.40. The number of fused-ring (bicyclic) bond motifs is 1. The minimum absolute atomic E-state index is 0.193. The molecule has 1 aromatic heterocycles. The van der Waals surface area contributed by atoms with Crippen molar-refractivity contribution in [2.75, 3.05) is 55.6 Å². The van der Waals surface area contributed by atoms with Crippen LogP contribution in [-0.4, -0.2) is 78.2 Å². The van der Waals surface area contributed by atoms with Gasteiger partial charge in [0, 0.05) is 69.0 Å². The average Bonchev–Trinajstić information content (AvgIpc) is 2.98. The molecule has 1 unspecified atom stereocenters. The minimum atomic E-state index is -0.768. The second-order valence-corrected chi connectivity index (χ2v) is 11.2. The minimum Gasteiger partial charge on any atom is -0.371 e. The molecule has 214 valence electrons. The van der Waals surface area contributed by atoms with Gasteiger partial charge in [0.1, 0.15) is 6.04 Å². The summed E-state index contributed by atoms with van der Waals surface area (Å²) in [5.41, 5.74) is 7.84. The van der Waals surface area contributed by atoms with E-state index in [0.717, 1.165) is 75.4 Å². The van der Waals surface area contributed by atoms with Crippen molar-refractivity contribution in [1.82, 2.24) is 20.0 Å². The number of nitrogens with one attached hydrogen (secondary N) is 1. The Hall–Kier alpha value is -4.25. The van der Waals surface area contributed by atoms with E-state index in [4.69, 9.17) is 5.73 Å². The van der Waals surface area contributed by atoms with Crippen LogP contribution in [0.25, 0.3) is 10.8 Å². The largest absolute Gasteiger partial charge is 0.371 e. The first-order valence-corrected chi connectivity index (χ1v) is 14.3. The molecule has 3 aromatic rings. The van der Waals surface area contributed by atoms with Crippen LogP contribution in [0.15, 0.2) is 53.5 Å². The highest BCUT2D eigenvalue weighted by atomic mass is 16.2. The van der Waals surface area contributed by atoms with Crippen molar-refractivity contribution in [3.05, 3.63) is 64.6 Å². The predicted octanol–water partition coefficient (Wildman–Crippen LogP) is 1.51. The Morgan fingerprint density at radius 3 is 2.41 bits per heavy atom. The summed E-state index contributed by atoms with van der Waals surface area (Å²) in [7, 11) is 0. The van der Waals surface area contributed by atoms with Crippen LogP contribution in [0.3, 0.4) is 0 Å². The van der Waals surface area contributed by atoms with Crippen LogP contribution in [0.4, 0.5) is 11.4 Å². The monoisotopic (exact) mass is 557 g/mol. The second kappa shape index (κ2) is 11.3. The molecule has 0 saturated carbocycles. The Morgan fingerprint density at radius 2 is 1.68 bits per heavy atom. The van der Waals surface area contributed by atoms with E-state index in [1.807, 2.05) is 36.4 Å². The van der Waals surface area contributed by atoms with Crippen LogP contribution in [0.5, 0.6) is 0 Å². The molecule has 3 amide bonds. The zero-order valence-corrected chi connectivity index (χ0v) is 23.0. The number of nitrogens with two attached hydrogens (primary N) is 1. The maximum Gasteiger partial charge on any atom is 0.275 e. The van der Waals surface area contributed by atoms with Gasteiger partial charge < -0.3 is 15.5 Å². The number of rotatable bonds is 6. The van der Waals surface area contributed by atoms with Crippen molar-refractivity contribution in [2.45, 2.75) is 31.7 Å². The highest BCUT2D eigenvalue weighted by molar-refractivity contribution is 5.99. The zero-order chi connectivity index (χ0) is 28.5. The van der Waals surface area contributed by atoms with E-state index >= 15 is 0 Å². The summed E-state index contributed by atoms with van der Waals surface area (Å²) in [6, 6.07) is 12.6. The smallest absolute Gasteiger partial charge is 0.275 e. The molecule has 6 rings (SSSR count). The van der Waals surface area contributed by atoms with Gasteiger partial charge in [-0.15, -0.1) is 0 Å². The Labute approximate surface area is 237 Å². The number of hydrogen-bond donors (Lipinski definition) is 2. The maximum atomic E-state index is 13.1. The van der Waals surface area contributed by atoms with Gasteiger partial charge in [-0.1, -0.05) is 12.1 Å². The number of hydrogen-bond acceptors (Lipinski definition) is 8. The van der Waals surface area contributed by atoms with E-state index in [-0.39, 0.29) is 30.2 Å². The van der Waals surface area contributed by atoms with Crippen molar-refractivity contribution in [3.63, 3.8) is 0 Å². The summed E-state index contributed by atoms with van der Waals surface area (Å²) in [6.07, 6.45) is 4.27. The average molecular weight is 558 g/mol. The van der Waals surface area contributed by atoms with Crippen LogP contribution in [0.1, 0.15) is 42.1 Å². The van der Waals surface area contributed by atoms with Gasteiger partial charge >= 0.3 is 0 Å². The highest BCUT2D eigenvalue weighted by Gasteiger charge is 2.30. The first kappa shape index (κ1) is 26.9. The van der Waals surface area contributed by atoms with Gasteiger partial charge in [-0.25, -0.2) is 4.68 Å². The summed E-state index contributed by atoms with van der Waals surface area (Å²) in [4.78, 5) is 55.8. The maximum absolute atomic E-state index is 13.1. The first-order chi connectivity index (χ1) is 19.9. The normalized spacial score (nSPS) is 20.8. The summed E-state index contributed by atoms with van der Waals surface area (Å²) >= 11 is 0. The fourth-order valence-electron chi connectivity index (χ4n) is 6.35. The molecule has 0 spiro atoms. The van der Waals surface area contributed by atoms with Gasteiger partial charge in [0.05, 0.1) is 17.1 Å². The molecule has 2 aromatic carbocycles. The van der Waals surface area contributed by atoms with Crippen molar-refractivity contribution >= 4 is 39.9 Å². The molecule has 0 radical (unpaired) electrons. The SMILES string of the molecule is NC(=O)c1ccccc1N1CCC(CN2CCN(c3ccc4c(=O)n(C5CCC(=O)NC5=O)ncc4c3)CC2)CC1. The number of benzene rings is 2. The third-order valence-electron chi connectivity index (χ3n) is 8.68. The number of carbonyl (C=O) groups is 3. The first-order valence-electron chi connectivity index (χ1n) is 14.3. The quantitative estimate of drug-likeness (QED) is 0.436. The summed E-state index contributed by atoms with van der Waals surface area (Å²) in [5, 5.41) is 7.83. The summed E-state index contributed by atoms with van der Waals surface area (Å²) in [5.74, 6) is -0.563. The molecule has 4 heterocycles. The number of imide groups is 1. The number of carbonyl (C=O) groups excluding carboxylic acids is 3. The molecular formula is C30H35N7O4. The Morgan fingerprint density at radius 1 is 0.927 bits per heavy atom.